The first-order valence-corrected chi connectivity index (χ1v) is 3.99. The molecular formula is C9H15NO. The van der Waals surface area contributed by atoms with Crippen LogP contribution in [-0.4, -0.2) is 24.9 Å². The molecule has 1 unspecified atom stereocenters. The van der Waals surface area contributed by atoms with E-state index in [9.17, 15) is 4.79 Å². The third kappa shape index (κ3) is 1.82. The number of carbonyl (C=O) groups excluding carboxylic acids is 1. The van der Waals surface area contributed by atoms with Crippen LogP contribution in [0.5, 0.6) is 0 Å². The van der Waals surface area contributed by atoms with Crippen molar-refractivity contribution in [2.24, 2.45) is 5.92 Å². The molecule has 1 rings (SSSR count). The van der Waals surface area contributed by atoms with Crippen molar-refractivity contribution in [1.29, 1.82) is 0 Å². The second-order valence-electron chi connectivity index (χ2n) is 3.39. The lowest BCUT2D eigenvalue weighted by atomic mass is 10.1. The van der Waals surface area contributed by atoms with E-state index in [1.54, 1.807) is 4.90 Å². The van der Waals surface area contributed by atoms with Crippen LogP contribution in [0.4, 0.5) is 0 Å². The average Bonchev–Trinajstić information content (AvgIpc) is 2.34. The lowest BCUT2D eigenvalue weighted by Gasteiger charge is -2.13. The molecule has 0 fully saturated rings. The molecule has 0 heterocycles. The number of amides is 1. The quantitative estimate of drug-likeness (QED) is 0.522. The van der Waals surface area contributed by atoms with E-state index in [0.717, 1.165) is 12.8 Å². The Morgan fingerprint density at radius 2 is 2.27 bits per heavy atom. The summed E-state index contributed by atoms with van der Waals surface area (Å²) in [6.45, 7) is 2.09. The number of allylic oxidation sites excluding steroid dienone is 1. The maximum atomic E-state index is 11.4. The Balaban J connectivity index is 2.57. The molecule has 2 heteroatoms. The minimum atomic E-state index is 0.157. The molecule has 0 radical (unpaired) electrons. The fraction of sp³-hybridized carbons (Fsp3) is 0.667. The van der Waals surface area contributed by atoms with Crippen LogP contribution in [-0.2, 0) is 4.79 Å². The molecule has 0 N–H and O–H groups in total. The van der Waals surface area contributed by atoms with Crippen molar-refractivity contribution >= 4 is 5.91 Å². The van der Waals surface area contributed by atoms with Crippen molar-refractivity contribution in [2.75, 3.05) is 14.1 Å². The van der Waals surface area contributed by atoms with Gasteiger partial charge in [-0.3, -0.25) is 4.79 Å². The molecule has 1 atom stereocenters. The van der Waals surface area contributed by atoms with Crippen LogP contribution in [0.1, 0.15) is 19.8 Å². The van der Waals surface area contributed by atoms with Crippen LogP contribution in [0.3, 0.4) is 0 Å². The smallest absolute Gasteiger partial charge is 0.228 e. The third-order valence-electron chi connectivity index (χ3n) is 2.09. The molecule has 0 spiro atoms. The largest absolute Gasteiger partial charge is 0.348 e. The van der Waals surface area contributed by atoms with Gasteiger partial charge in [0.05, 0.1) is 5.92 Å². The Morgan fingerprint density at radius 1 is 1.64 bits per heavy atom. The van der Waals surface area contributed by atoms with Gasteiger partial charge in [-0.1, -0.05) is 11.6 Å². The lowest BCUT2D eigenvalue weighted by Crippen LogP contribution is -2.27. The standard InChI is InChI=1S/C9H15NO/c1-7-4-5-8(6-7)9(11)10(2)3/h6,8H,4-5H2,1-3H3. The van der Waals surface area contributed by atoms with Gasteiger partial charge in [0.25, 0.3) is 0 Å². The highest BCUT2D eigenvalue weighted by Crippen LogP contribution is 2.24. The van der Waals surface area contributed by atoms with Crippen molar-refractivity contribution in [3.63, 3.8) is 0 Å². The van der Waals surface area contributed by atoms with E-state index in [0.29, 0.717) is 0 Å². The van der Waals surface area contributed by atoms with E-state index in [1.165, 1.54) is 5.57 Å². The normalized spacial score (nSPS) is 23.2. The Hall–Kier alpha value is -0.790. The number of hydrogen-bond donors (Lipinski definition) is 0. The molecule has 11 heavy (non-hydrogen) atoms. The highest BCUT2D eigenvalue weighted by atomic mass is 16.2. The number of nitrogens with zero attached hydrogens (tertiary/aromatic N) is 1. The van der Waals surface area contributed by atoms with E-state index in [4.69, 9.17) is 0 Å². The number of rotatable bonds is 1. The minimum absolute atomic E-state index is 0.157. The molecule has 0 saturated heterocycles. The minimum Gasteiger partial charge on any atom is -0.348 e. The SMILES string of the molecule is CC1=CC(C(=O)N(C)C)CC1. The van der Waals surface area contributed by atoms with E-state index >= 15 is 0 Å². The third-order valence-corrected chi connectivity index (χ3v) is 2.09. The molecule has 1 amide bonds. The Kier molecular flexibility index (Phi) is 2.32. The average molecular weight is 153 g/mol. The molecule has 0 aliphatic heterocycles. The van der Waals surface area contributed by atoms with Crippen LogP contribution in [0.2, 0.25) is 0 Å². The van der Waals surface area contributed by atoms with Gasteiger partial charge in [-0.05, 0) is 19.8 Å². The summed E-state index contributed by atoms with van der Waals surface area (Å²) in [4.78, 5) is 13.0. The van der Waals surface area contributed by atoms with Crippen molar-refractivity contribution in [3.05, 3.63) is 11.6 Å². The molecule has 1 aliphatic carbocycles. The van der Waals surface area contributed by atoms with Crippen molar-refractivity contribution < 1.29 is 4.79 Å². The predicted octanol–water partition coefficient (Wildman–Crippen LogP) is 1.43. The van der Waals surface area contributed by atoms with E-state index in [1.807, 2.05) is 14.1 Å². The van der Waals surface area contributed by atoms with Crippen LogP contribution in [0.25, 0.3) is 0 Å². The molecule has 0 aromatic carbocycles. The number of carbonyl (C=O) groups is 1. The zero-order valence-electron chi connectivity index (χ0n) is 7.42. The molecule has 0 aromatic rings. The summed E-state index contributed by atoms with van der Waals surface area (Å²) in [7, 11) is 3.62. The van der Waals surface area contributed by atoms with Crippen LogP contribution in [0.15, 0.2) is 11.6 Å². The second-order valence-corrected chi connectivity index (χ2v) is 3.39. The molecule has 1 aliphatic rings. The topological polar surface area (TPSA) is 20.3 Å². The molecule has 0 bridgehead atoms. The van der Waals surface area contributed by atoms with Gasteiger partial charge in [0.15, 0.2) is 0 Å². The van der Waals surface area contributed by atoms with E-state index < -0.39 is 0 Å². The van der Waals surface area contributed by atoms with Gasteiger partial charge in [-0.2, -0.15) is 0 Å². The summed E-state index contributed by atoms with van der Waals surface area (Å²) < 4.78 is 0. The van der Waals surface area contributed by atoms with Crippen LogP contribution < -0.4 is 0 Å². The molecule has 2 nitrogen and oxygen atoms in total. The van der Waals surface area contributed by atoms with Gasteiger partial charge >= 0.3 is 0 Å². The number of hydrogen-bond acceptors (Lipinski definition) is 1. The van der Waals surface area contributed by atoms with Gasteiger partial charge < -0.3 is 4.90 Å². The van der Waals surface area contributed by atoms with Gasteiger partial charge in [-0.25, -0.2) is 0 Å². The van der Waals surface area contributed by atoms with Crippen LogP contribution in [0, 0.1) is 5.92 Å². The van der Waals surface area contributed by atoms with Crippen molar-refractivity contribution in [2.45, 2.75) is 19.8 Å². The summed E-state index contributed by atoms with van der Waals surface area (Å²) in [5, 5.41) is 0. The zero-order valence-corrected chi connectivity index (χ0v) is 7.42. The van der Waals surface area contributed by atoms with Gasteiger partial charge in [0.2, 0.25) is 5.91 Å². The maximum absolute atomic E-state index is 11.4. The van der Waals surface area contributed by atoms with E-state index in [-0.39, 0.29) is 11.8 Å². The summed E-state index contributed by atoms with van der Waals surface area (Å²) in [5.74, 6) is 0.395. The monoisotopic (exact) mass is 153 g/mol. The van der Waals surface area contributed by atoms with Crippen molar-refractivity contribution in [1.82, 2.24) is 4.90 Å². The first-order chi connectivity index (χ1) is 5.11. The highest BCUT2D eigenvalue weighted by Gasteiger charge is 2.21. The molecular weight excluding hydrogens is 138 g/mol. The highest BCUT2D eigenvalue weighted by molar-refractivity contribution is 5.80. The zero-order chi connectivity index (χ0) is 8.43. The van der Waals surface area contributed by atoms with Crippen LogP contribution >= 0.6 is 0 Å². The summed E-state index contributed by atoms with van der Waals surface area (Å²) >= 11 is 0. The van der Waals surface area contributed by atoms with Gasteiger partial charge in [-0.15, -0.1) is 0 Å². The van der Waals surface area contributed by atoms with E-state index in [2.05, 4.69) is 13.0 Å². The van der Waals surface area contributed by atoms with Crippen molar-refractivity contribution in [3.8, 4) is 0 Å². The van der Waals surface area contributed by atoms with Gasteiger partial charge in [0, 0.05) is 14.1 Å². The predicted molar refractivity (Wildman–Crippen MR) is 45.2 cm³/mol. The first kappa shape index (κ1) is 8.31. The maximum Gasteiger partial charge on any atom is 0.228 e. The molecule has 0 aromatic heterocycles. The fourth-order valence-corrected chi connectivity index (χ4v) is 1.42. The lowest BCUT2D eigenvalue weighted by molar-refractivity contribution is -0.131. The van der Waals surface area contributed by atoms with Gasteiger partial charge in [0.1, 0.15) is 0 Å². The summed E-state index contributed by atoms with van der Waals surface area (Å²) in [5.41, 5.74) is 1.35. The first-order valence-electron chi connectivity index (χ1n) is 3.99. The summed E-state index contributed by atoms with van der Waals surface area (Å²) in [6, 6.07) is 0. The Bertz CT molecular complexity index is 194. The summed E-state index contributed by atoms with van der Waals surface area (Å²) in [6.07, 6.45) is 4.18. The molecule has 0 saturated carbocycles. The molecule has 62 valence electrons. The Morgan fingerprint density at radius 3 is 2.64 bits per heavy atom. The second kappa shape index (κ2) is 3.07. The Labute approximate surface area is 67.9 Å². The fourth-order valence-electron chi connectivity index (χ4n) is 1.42.